The molecule has 3 heterocycles. The predicted molar refractivity (Wildman–Crippen MR) is 67.6 cm³/mol. The van der Waals surface area contributed by atoms with Gasteiger partial charge in [-0.3, -0.25) is 8.97 Å². The second-order valence-corrected chi connectivity index (χ2v) is 4.56. The minimum absolute atomic E-state index is 0.807. The van der Waals surface area contributed by atoms with Gasteiger partial charge in [0, 0.05) is 30.5 Å². The maximum absolute atomic E-state index is 4.63. The largest absolute Gasteiger partial charge is 0.311 e. The van der Waals surface area contributed by atoms with Crippen LogP contribution in [-0.2, 0) is 6.54 Å². The Hall–Kier alpha value is -1.66. The van der Waals surface area contributed by atoms with Crippen LogP contribution in [0.5, 0.6) is 0 Å². The normalized spacial score (nSPS) is 11.4. The third-order valence-electron chi connectivity index (χ3n) is 2.63. The van der Waals surface area contributed by atoms with Crippen LogP contribution in [0, 0.1) is 0 Å². The van der Waals surface area contributed by atoms with Gasteiger partial charge < -0.3 is 5.32 Å². The first-order valence-corrected chi connectivity index (χ1v) is 6.41. The van der Waals surface area contributed by atoms with E-state index >= 15 is 0 Å². The van der Waals surface area contributed by atoms with E-state index in [1.807, 2.05) is 10.8 Å². The Balaban J connectivity index is 2.12. The Morgan fingerprint density at radius 3 is 3.12 bits per heavy atom. The fourth-order valence-electron chi connectivity index (χ4n) is 1.82. The summed E-state index contributed by atoms with van der Waals surface area (Å²) < 4.78 is 4.08. The monoisotopic (exact) mass is 247 g/mol. The average Bonchev–Trinajstić information content (AvgIpc) is 3.02. The lowest BCUT2D eigenvalue weighted by Gasteiger charge is -2.04. The average molecular weight is 247 g/mol. The van der Waals surface area contributed by atoms with E-state index in [1.165, 1.54) is 5.69 Å². The van der Waals surface area contributed by atoms with Crippen LogP contribution >= 0.6 is 11.3 Å². The summed E-state index contributed by atoms with van der Waals surface area (Å²) in [5.41, 5.74) is 1.17. The van der Waals surface area contributed by atoms with Crippen LogP contribution in [0.4, 0.5) is 0 Å². The van der Waals surface area contributed by atoms with Gasteiger partial charge in [0.2, 0.25) is 0 Å². The summed E-state index contributed by atoms with van der Waals surface area (Å²) in [4.78, 5) is 9.72. The van der Waals surface area contributed by atoms with Crippen LogP contribution in [0.3, 0.4) is 0 Å². The molecule has 3 aromatic rings. The molecule has 0 saturated heterocycles. The standard InChI is InChI=1S/C11H13N5S/c1-2-12-7-9-10(15-4-3-13-8-15)14-11-16(9)5-6-17-11/h3-6,8,12H,2,7H2,1H3. The maximum Gasteiger partial charge on any atom is 0.195 e. The Morgan fingerprint density at radius 1 is 1.41 bits per heavy atom. The number of rotatable bonds is 4. The summed E-state index contributed by atoms with van der Waals surface area (Å²) >= 11 is 1.64. The number of nitrogens with zero attached hydrogens (tertiary/aromatic N) is 4. The molecule has 3 aromatic heterocycles. The molecular formula is C11H13N5S. The van der Waals surface area contributed by atoms with Crippen LogP contribution in [-0.4, -0.2) is 25.5 Å². The molecule has 0 spiro atoms. The topological polar surface area (TPSA) is 47.2 Å². The van der Waals surface area contributed by atoms with Crippen molar-refractivity contribution in [2.45, 2.75) is 13.5 Å². The zero-order chi connectivity index (χ0) is 11.7. The first-order valence-electron chi connectivity index (χ1n) is 5.53. The molecule has 0 unspecified atom stereocenters. The minimum Gasteiger partial charge on any atom is -0.311 e. The smallest absolute Gasteiger partial charge is 0.195 e. The lowest BCUT2D eigenvalue weighted by molar-refractivity contribution is 0.701. The molecule has 1 N–H and O–H groups in total. The highest BCUT2D eigenvalue weighted by Gasteiger charge is 2.13. The van der Waals surface area contributed by atoms with Crippen molar-refractivity contribution in [1.29, 1.82) is 0 Å². The number of hydrogen-bond donors (Lipinski definition) is 1. The van der Waals surface area contributed by atoms with E-state index in [0.29, 0.717) is 0 Å². The second-order valence-electron chi connectivity index (χ2n) is 3.69. The predicted octanol–water partition coefficient (Wildman–Crippen LogP) is 1.69. The molecule has 0 aliphatic rings. The van der Waals surface area contributed by atoms with Gasteiger partial charge in [-0.25, -0.2) is 9.97 Å². The molecule has 0 aliphatic carbocycles. The van der Waals surface area contributed by atoms with Crippen LogP contribution in [0.25, 0.3) is 10.8 Å². The molecule has 17 heavy (non-hydrogen) atoms. The molecule has 0 radical (unpaired) electrons. The van der Waals surface area contributed by atoms with E-state index in [0.717, 1.165) is 23.9 Å². The molecule has 6 heteroatoms. The van der Waals surface area contributed by atoms with Crippen molar-refractivity contribution < 1.29 is 0 Å². The quantitative estimate of drug-likeness (QED) is 0.763. The molecular weight excluding hydrogens is 234 g/mol. The van der Waals surface area contributed by atoms with E-state index < -0.39 is 0 Å². The van der Waals surface area contributed by atoms with Crippen molar-refractivity contribution in [3.63, 3.8) is 0 Å². The van der Waals surface area contributed by atoms with Gasteiger partial charge in [-0.2, -0.15) is 0 Å². The van der Waals surface area contributed by atoms with Crippen LogP contribution in [0.1, 0.15) is 12.6 Å². The lowest BCUT2D eigenvalue weighted by atomic mass is 10.4. The molecule has 0 saturated carbocycles. The van der Waals surface area contributed by atoms with Gasteiger partial charge in [0.25, 0.3) is 0 Å². The van der Waals surface area contributed by atoms with Gasteiger partial charge >= 0.3 is 0 Å². The van der Waals surface area contributed by atoms with Gasteiger partial charge in [-0.1, -0.05) is 6.92 Å². The van der Waals surface area contributed by atoms with Gasteiger partial charge in [0.05, 0.1) is 5.69 Å². The van der Waals surface area contributed by atoms with Gasteiger partial charge in [-0.05, 0) is 6.54 Å². The molecule has 0 fully saturated rings. The summed E-state index contributed by atoms with van der Waals surface area (Å²) in [5, 5.41) is 5.40. The Kier molecular flexibility index (Phi) is 2.66. The third kappa shape index (κ3) is 1.75. The fraction of sp³-hybridized carbons (Fsp3) is 0.273. The molecule has 88 valence electrons. The van der Waals surface area contributed by atoms with Crippen molar-refractivity contribution in [2.75, 3.05) is 6.54 Å². The van der Waals surface area contributed by atoms with E-state index in [9.17, 15) is 0 Å². The summed E-state index contributed by atoms with van der Waals surface area (Å²) in [7, 11) is 0. The highest BCUT2D eigenvalue weighted by atomic mass is 32.1. The summed E-state index contributed by atoms with van der Waals surface area (Å²) in [6.07, 6.45) is 7.52. The number of imidazole rings is 2. The maximum atomic E-state index is 4.63. The highest BCUT2D eigenvalue weighted by Crippen LogP contribution is 2.20. The van der Waals surface area contributed by atoms with Gasteiger partial charge in [-0.15, -0.1) is 11.3 Å². The number of thiazole rings is 1. The zero-order valence-corrected chi connectivity index (χ0v) is 10.3. The van der Waals surface area contributed by atoms with E-state index in [2.05, 4.69) is 38.2 Å². The first kappa shape index (κ1) is 10.5. The molecule has 0 aromatic carbocycles. The SMILES string of the molecule is CCNCc1c(-n2ccnc2)nc2sccn12. The molecule has 0 aliphatic heterocycles. The Labute approximate surface area is 103 Å². The molecule has 5 nitrogen and oxygen atoms in total. The molecule has 0 atom stereocenters. The van der Waals surface area contributed by atoms with E-state index in [-0.39, 0.29) is 0 Å². The van der Waals surface area contributed by atoms with Crippen molar-refractivity contribution in [3.05, 3.63) is 36.0 Å². The number of aromatic nitrogens is 4. The first-order chi connectivity index (χ1) is 8.40. The summed E-state index contributed by atoms with van der Waals surface area (Å²) in [6, 6.07) is 0. The highest BCUT2D eigenvalue weighted by molar-refractivity contribution is 7.15. The minimum atomic E-state index is 0.807. The van der Waals surface area contributed by atoms with Crippen molar-refractivity contribution >= 4 is 16.3 Å². The van der Waals surface area contributed by atoms with Crippen LogP contribution < -0.4 is 5.32 Å². The zero-order valence-electron chi connectivity index (χ0n) is 9.50. The van der Waals surface area contributed by atoms with Gasteiger partial charge in [0.15, 0.2) is 10.8 Å². The second kappa shape index (κ2) is 4.31. The lowest BCUT2D eigenvalue weighted by Crippen LogP contribution is -2.14. The summed E-state index contributed by atoms with van der Waals surface area (Å²) in [6.45, 7) is 3.85. The molecule has 0 bridgehead atoms. The Bertz CT molecular complexity index is 607. The third-order valence-corrected chi connectivity index (χ3v) is 3.39. The van der Waals surface area contributed by atoms with Gasteiger partial charge in [0.1, 0.15) is 6.33 Å². The fourth-order valence-corrected chi connectivity index (χ4v) is 2.55. The molecule has 3 rings (SSSR count). The van der Waals surface area contributed by atoms with Crippen LogP contribution in [0.2, 0.25) is 0 Å². The van der Waals surface area contributed by atoms with E-state index in [1.54, 1.807) is 23.9 Å². The van der Waals surface area contributed by atoms with E-state index in [4.69, 9.17) is 0 Å². The van der Waals surface area contributed by atoms with Crippen LogP contribution in [0.15, 0.2) is 30.3 Å². The van der Waals surface area contributed by atoms with Crippen molar-refractivity contribution in [2.24, 2.45) is 0 Å². The number of hydrogen-bond acceptors (Lipinski definition) is 4. The number of fused-ring (bicyclic) bond motifs is 1. The van der Waals surface area contributed by atoms with Crippen molar-refractivity contribution in [1.82, 2.24) is 24.3 Å². The Morgan fingerprint density at radius 2 is 2.35 bits per heavy atom. The summed E-state index contributed by atoms with van der Waals surface area (Å²) in [5.74, 6) is 0.954. The molecule has 0 amide bonds. The van der Waals surface area contributed by atoms with Crippen molar-refractivity contribution in [3.8, 4) is 5.82 Å². The number of nitrogens with one attached hydrogen (secondary N) is 1.